The molecule has 5 nitrogen and oxygen atoms in total. The fourth-order valence-electron chi connectivity index (χ4n) is 6.49. The molecule has 0 N–H and O–H groups in total. The van der Waals surface area contributed by atoms with Gasteiger partial charge < -0.3 is 14.2 Å². The summed E-state index contributed by atoms with van der Waals surface area (Å²) in [5.74, 6) is -3.19. The van der Waals surface area contributed by atoms with Gasteiger partial charge in [0.1, 0.15) is 0 Å². The summed E-state index contributed by atoms with van der Waals surface area (Å²) in [6, 6.07) is 10.8. The van der Waals surface area contributed by atoms with Crippen LogP contribution in [0.25, 0.3) is 11.1 Å². The van der Waals surface area contributed by atoms with Crippen LogP contribution >= 0.6 is 23.2 Å². The number of hydrogen-bond donors (Lipinski definition) is 0. The predicted molar refractivity (Wildman–Crippen MR) is 175 cm³/mol. The van der Waals surface area contributed by atoms with Gasteiger partial charge in [-0.05, 0) is 97.6 Å². The Balaban J connectivity index is 1.18. The van der Waals surface area contributed by atoms with Gasteiger partial charge in [-0.2, -0.15) is 0 Å². The first kappa shape index (κ1) is 33.4. The molecule has 0 radical (unpaired) electrons. The monoisotopic (exact) mass is 664 g/mol. The van der Waals surface area contributed by atoms with Crippen LogP contribution in [-0.2, 0) is 15.6 Å². The van der Waals surface area contributed by atoms with Crippen molar-refractivity contribution in [2.24, 2.45) is 5.92 Å². The molecule has 5 rings (SSSR count). The highest BCUT2D eigenvalue weighted by Crippen LogP contribution is 2.41. The SMILES string of the molecule is CC(C)(C)[Si](C)(C)O[C@H]1CC[C@@H](N2CC[C@@H](Cc3c(Cl)cc(-c4ccc(C(=O)N5CCC(F)(F)C5)cc4)cc3Cl)C2=O)CC1. The largest absolute Gasteiger partial charge is 0.414 e. The molecular weight excluding hydrogens is 621 g/mol. The molecule has 0 aromatic heterocycles. The van der Waals surface area contributed by atoms with Crippen LogP contribution in [0.15, 0.2) is 36.4 Å². The molecule has 1 aliphatic carbocycles. The van der Waals surface area contributed by atoms with Gasteiger partial charge in [-0.25, -0.2) is 8.78 Å². The van der Waals surface area contributed by atoms with Crippen LogP contribution in [0.2, 0.25) is 28.2 Å². The van der Waals surface area contributed by atoms with Gasteiger partial charge >= 0.3 is 0 Å². The number of carbonyl (C=O) groups excluding carboxylic acids is 2. The first-order valence-electron chi connectivity index (χ1n) is 15.8. The number of alkyl halides is 2. The second-order valence-electron chi connectivity index (χ2n) is 14.4. The highest BCUT2D eigenvalue weighted by molar-refractivity contribution is 6.74. The average Bonchev–Trinajstić information content (AvgIpc) is 3.51. The van der Waals surface area contributed by atoms with E-state index in [9.17, 15) is 18.4 Å². The second kappa shape index (κ2) is 12.7. The minimum Gasteiger partial charge on any atom is -0.414 e. The van der Waals surface area contributed by atoms with Crippen molar-refractivity contribution in [1.29, 1.82) is 0 Å². The van der Waals surface area contributed by atoms with Gasteiger partial charge in [-0.3, -0.25) is 9.59 Å². The molecule has 2 amide bonds. The molecule has 240 valence electrons. The van der Waals surface area contributed by atoms with Crippen LogP contribution < -0.4 is 0 Å². The number of nitrogens with zero attached hydrogens (tertiary/aromatic N) is 2. The van der Waals surface area contributed by atoms with Crippen LogP contribution in [0.5, 0.6) is 0 Å². The van der Waals surface area contributed by atoms with Crippen molar-refractivity contribution in [2.45, 2.75) is 102 Å². The quantitative estimate of drug-likeness (QED) is 0.278. The molecule has 2 heterocycles. The van der Waals surface area contributed by atoms with Crippen molar-refractivity contribution in [3.8, 4) is 11.1 Å². The van der Waals surface area contributed by atoms with Crippen LogP contribution in [0.4, 0.5) is 8.78 Å². The molecule has 2 aliphatic heterocycles. The molecular formula is C34H44Cl2F2N2O3Si. The summed E-state index contributed by atoms with van der Waals surface area (Å²) in [6.07, 6.45) is 5.19. The van der Waals surface area contributed by atoms with Gasteiger partial charge in [0, 0.05) is 53.2 Å². The van der Waals surface area contributed by atoms with Crippen LogP contribution in [-0.4, -0.2) is 67.6 Å². The fourth-order valence-corrected chi connectivity index (χ4v) is 8.56. The lowest BCUT2D eigenvalue weighted by atomic mass is 9.92. The third kappa shape index (κ3) is 7.19. The zero-order valence-corrected chi connectivity index (χ0v) is 28.9. The van der Waals surface area contributed by atoms with E-state index in [0.717, 1.165) is 55.3 Å². The molecule has 1 saturated carbocycles. The lowest BCUT2D eigenvalue weighted by molar-refractivity contribution is -0.133. The Kier molecular flexibility index (Phi) is 9.59. The highest BCUT2D eigenvalue weighted by Gasteiger charge is 2.42. The summed E-state index contributed by atoms with van der Waals surface area (Å²) in [5, 5.41) is 1.19. The highest BCUT2D eigenvalue weighted by atomic mass is 35.5. The molecule has 10 heteroatoms. The Bertz CT molecular complexity index is 1360. The maximum Gasteiger partial charge on any atom is 0.267 e. The maximum absolute atomic E-state index is 13.6. The van der Waals surface area contributed by atoms with Gasteiger partial charge in [0.2, 0.25) is 5.91 Å². The third-order valence-corrected chi connectivity index (χ3v) is 15.4. The second-order valence-corrected chi connectivity index (χ2v) is 19.9. The van der Waals surface area contributed by atoms with E-state index in [1.54, 1.807) is 24.3 Å². The Morgan fingerprint density at radius 3 is 2.14 bits per heavy atom. The van der Waals surface area contributed by atoms with Crippen molar-refractivity contribution in [3.05, 3.63) is 57.6 Å². The molecule has 44 heavy (non-hydrogen) atoms. The standard InChI is InChI=1S/C34H44Cl2F2N2O3Si/c1-33(2,3)44(4,5)43-27-12-10-26(11-13-27)40-16-14-24(32(40)42)18-28-29(35)19-25(20-30(28)36)22-6-8-23(9-7-22)31(41)39-17-15-34(37,38)21-39/h6-9,19-20,24,26-27H,10-18,21H2,1-5H3/t24-,26-,27+/m0/s1. The van der Waals surface area contributed by atoms with E-state index in [0.29, 0.717) is 22.0 Å². The van der Waals surface area contributed by atoms with Gasteiger partial charge in [0.05, 0.1) is 6.54 Å². The summed E-state index contributed by atoms with van der Waals surface area (Å²) in [5.41, 5.74) is 2.72. The van der Waals surface area contributed by atoms with E-state index in [1.165, 1.54) is 4.90 Å². The number of carbonyl (C=O) groups is 2. The van der Waals surface area contributed by atoms with Gasteiger partial charge in [0.15, 0.2) is 8.32 Å². The minimum absolute atomic E-state index is 0.0506. The van der Waals surface area contributed by atoms with Gasteiger partial charge in [0.25, 0.3) is 11.8 Å². The molecule has 2 aromatic carbocycles. The van der Waals surface area contributed by atoms with Crippen molar-refractivity contribution in [1.82, 2.24) is 9.80 Å². The summed E-state index contributed by atoms with van der Waals surface area (Å²) in [4.78, 5) is 29.5. The Morgan fingerprint density at radius 1 is 0.977 bits per heavy atom. The first-order valence-corrected chi connectivity index (χ1v) is 19.4. The van der Waals surface area contributed by atoms with E-state index >= 15 is 0 Å². The Morgan fingerprint density at radius 2 is 1.59 bits per heavy atom. The minimum atomic E-state index is -2.83. The van der Waals surface area contributed by atoms with Gasteiger partial charge in [-0.15, -0.1) is 0 Å². The van der Waals surface area contributed by atoms with Crippen LogP contribution in [0, 0.1) is 5.92 Å². The normalized spacial score (nSPS) is 24.3. The molecule has 0 spiro atoms. The van der Waals surface area contributed by atoms with E-state index in [-0.39, 0.29) is 42.0 Å². The van der Waals surface area contributed by atoms with Gasteiger partial charge in [-0.1, -0.05) is 56.1 Å². The smallest absolute Gasteiger partial charge is 0.267 e. The fraction of sp³-hybridized carbons (Fsp3) is 0.588. The van der Waals surface area contributed by atoms with Crippen molar-refractivity contribution in [2.75, 3.05) is 19.6 Å². The summed E-state index contributed by atoms with van der Waals surface area (Å²) in [7, 11) is -1.81. The van der Waals surface area contributed by atoms with E-state index < -0.39 is 26.7 Å². The zero-order valence-electron chi connectivity index (χ0n) is 26.4. The molecule has 3 fully saturated rings. The van der Waals surface area contributed by atoms with Crippen molar-refractivity contribution in [3.63, 3.8) is 0 Å². The zero-order chi connectivity index (χ0) is 32.0. The number of halogens is 4. The molecule has 2 aromatic rings. The number of hydrogen-bond acceptors (Lipinski definition) is 3. The van der Waals surface area contributed by atoms with E-state index in [1.807, 2.05) is 12.1 Å². The van der Waals surface area contributed by atoms with E-state index in [4.69, 9.17) is 27.6 Å². The summed E-state index contributed by atoms with van der Waals surface area (Å²) >= 11 is 13.5. The molecule has 0 bridgehead atoms. The van der Waals surface area contributed by atoms with Crippen molar-refractivity contribution >= 4 is 43.3 Å². The Hall–Kier alpha value is -2.00. The summed E-state index contributed by atoms with van der Waals surface area (Å²) < 4.78 is 33.8. The topological polar surface area (TPSA) is 49.9 Å². The van der Waals surface area contributed by atoms with Crippen LogP contribution in [0.1, 0.15) is 75.2 Å². The molecule has 2 saturated heterocycles. The Labute approximate surface area is 271 Å². The number of rotatable bonds is 7. The number of benzene rings is 2. The van der Waals surface area contributed by atoms with Crippen molar-refractivity contribution < 1.29 is 22.8 Å². The molecule has 3 aliphatic rings. The van der Waals surface area contributed by atoms with E-state index in [2.05, 4.69) is 38.8 Å². The predicted octanol–water partition coefficient (Wildman–Crippen LogP) is 8.87. The average molecular weight is 666 g/mol. The number of likely N-dealkylation sites (tertiary alicyclic amines) is 2. The summed E-state index contributed by atoms with van der Waals surface area (Å²) in [6.45, 7) is 11.7. The molecule has 0 unspecified atom stereocenters. The lowest BCUT2D eigenvalue weighted by Gasteiger charge is -2.42. The lowest BCUT2D eigenvalue weighted by Crippen LogP contribution is -2.47. The third-order valence-electron chi connectivity index (χ3n) is 10.2. The van der Waals surface area contributed by atoms with Crippen LogP contribution in [0.3, 0.4) is 0 Å². The molecule has 1 atom stereocenters. The maximum atomic E-state index is 13.6. The first-order chi connectivity index (χ1) is 20.5. The number of amides is 2.